The summed E-state index contributed by atoms with van der Waals surface area (Å²) in [5.74, 6) is 0.0807. The minimum absolute atomic E-state index is 0.135. The first-order chi connectivity index (χ1) is 11.6. The van der Waals surface area contributed by atoms with E-state index in [1.54, 1.807) is 35.4 Å². The molecule has 0 unspecified atom stereocenters. The first-order valence-corrected chi connectivity index (χ1v) is 8.49. The molecule has 0 spiro atoms. The molecule has 2 aromatic heterocycles. The van der Waals surface area contributed by atoms with Crippen molar-refractivity contribution >= 4 is 35.0 Å². The summed E-state index contributed by atoms with van der Waals surface area (Å²) in [6.07, 6.45) is 4.85. The Morgan fingerprint density at radius 3 is 3.00 bits per heavy atom. The van der Waals surface area contributed by atoms with Crippen LogP contribution >= 0.6 is 23.4 Å². The molecule has 1 aromatic carbocycles. The zero-order valence-corrected chi connectivity index (χ0v) is 14.4. The van der Waals surface area contributed by atoms with Crippen molar-refractivity contribution in [3.8, 4) is 5.69 Å². The van der Waals surface area contributed by atoms with Gasteiger partial charge in [-0.2, -0.15) is 0 Å². The van der Waals surface area contributed by atoms with Crippen molar-refractivity contribution in [3.05, 3.63) is 59.6 Å². The standard InChI is InChI=1S/C16H14ClN5OS/c1-11-4-5-13(7-14(11)17)22-10-19-21-16(22)24-9-15(23)20-12-3-2-6-18-8-12/h2-8,10H,9H2,1H3,(H,20,23). The fourth-order valence-electron chi connectivity index (χ4n) is 2.00. The summed E-state index contributed by atoms with van der Waals surface area (Å²) in [4.78, 5) is 16.0. The molecule has 6 nitrogen and oxygen atoms in total. The van der Waals surface area contributed by atoms with Gasteiger partial charge in [-0.3, -0.25) is 14.3 Å². The second kappa shape index (κ2) is 7.46. The number of thioether (sulfide) groups is 1. The highest BCUT2D eigenvalue weighted by Gasteiger charge is 2.11. The number of carbonyl (C=O) groups is 1. The maximum Gasteiger partial charge on any atom is 0.234 e. The third-order valence-corrected chi connectivity index (χ3v) is 4.58. The molecule has 0 bridgehead atoms. The second-order valence-corrected chi connectivity index (χ2v) is 6.35. The molecule has 0 radical (unpaired) electrons. The zero-order valence-electron chi connectivity index (χ0n) is 12.8. The van der Waals surface area contributed by atoms with Crippen LogP contribution in [0.15, 0.2) is 54.2 Å². The van der Waals surface area contributed by atoms with E-state index in [0.717, 1.165) is 11.3 Å². The van der Waals surface area contributed by atoms with Crippen LogP contribution in [0.1, 0.15) is 5.56 Å². The number of nitrogens with one attached hydrogen (secondary N) is 1. The van der Waals surface area contributed by atoms with Crippen molar-refractivity contribution in [2.45, 2.75) is 12.1 Å². The Hall–Kier alpha value is -2.38. The van der Waals surface area contributed by atoms with Crippen LogP contribution in [-0.2, 0) is 4.79 Å². The predicted octanol–water partition coefficient (Wildman–Crippen LogP) is 3.35. The topological polar surface area (TPSA) is 72.7 Å². The van der Waals surface area contributed by atoms with E-state index in [4.69, 9.17) is 11.6 Å². The number of anilines is 1. The smallest absolute Gasteiger partial charge is 0.234 e. The quantitative estimate of drug-likeness (QED) is 0.707. The number of nitrogens with zero attached hydrogens (tertiary/aromatic N) is 4. The normalized spacial score (nSPS) is 10.6. The van der Waals surface area contributed by atoms with Gasteiger partial charge in [0.1, 0.15) is 6.33 Å². The molecular weight excluding hydrogens is 346 g/mol. The van der Waals surface area contributed by atoms with E-state index < -0.39 is 0 Å². The van der Waals surface area contributed by atoms with Crippen molar-refractivity contribution in [2.75, 3.05) is 11.1 Å². The minimum Gasteiger partial charge on any atom is -0.324 e. The Balaban J connectivity index is 1.67. The highest BCUT2D eigenvalue weighted by molar-refractivity contribution is 7.99. The highest BCUT2D eigenvalue weighted by Crippen LogP contribution is 2.23. The van der Waals surface area contributed by atoms with E-state index in [1.807, 2.05) is 25.1 Å². The predicted molar refractivity (Wildman–Crippen MR) is 94.7 cm³/mol. The molecule has 1 N–H and O–H groups in total. The molecule has 0 aliphatic rings. The van der Waals surface area contributed by atoms with Crippen molar-refractivity contribution in [1.82, 2.24) is 19.7 Å². The van der Waals surface area contributed by atoms with E-state index in [-0.39, 0.29) is 11.7 Å². The largest absolute Gasteiger partial charge is 0.324 e. The van der Waals surface area contributed by atoms with Crippen LogP contribution in [0, 0.1) is 6.92 Å². The summed E-state index contributed by atoms with van der Waals surface area (Å²) in [5, 5.41) is 12.1. The van der Waals surface area contributed by atoms with Crippen LogP contribution < -0.4 is 5.32 Å². The summed E-state index contributed by atoms with van der Waals surface area (Å²) in [6, 6.07) is 9.26. The molecule has 1 amide bonds. The third-order valence-electron chi connectivity index (χ3n) is 3.23. The number of halogens is 1. The SMILES string of the molecule is Cc1ccc(-n2cnnc2SCC(=O)Nc2cccnc2)cc1Cl. The van der Waals surface area contributed by atoms with Crippen LogP contribution in [-0.4, -0.2) is 31.4 Å². The Kier molecular flexibility index (Phi) is 5.12. The number of rotatable bonds is 5. The number of carbonyl (C=O) groups excluding carboxylic acids is 1. The van der Waals surface area contributed by atoms with Gasteiger partial charge in [-0.25, -0.2) is 0 Å². The molecule has 122 valence electrons. The zero-order chi connectivity index (χ0) is 16.9. The highest BCUT2D eigenvalue weighted by atomic mass is 35.5. The number of pyridine rings is 1. The average Bonchev–Trinajstić information content (AvgIpc) is 3.05. The van der Waals surface area contributed by atoms with Crippen molar-refractivity contribution in [1.29, 1.82) is 0 Å². The molecule has 0 aliphatic carbocycles. The van der Waals surface area contributed by atoms with Gasteiger partial charge in [0, 0.05) is 11.2 Å². The second-order valence-electron chi connectivity index (χ2n) is 5.00. The minimum atomic E-state index is -0.135. The van der Waals surface area contributed by atoms with Gasteiger partial charge in [-0.05, 0) is 36.8 Å². The molecule has 0 atom stereocenters. The van der Waals surface area contributed by atoms with Gasteiger partial charge >= 0.3 is 0 Å². The lowest BCUT2D eigenvalue weighted by Crippen LogP contribution is -2.14. The number of hydrogen-bond acceptors (Lipinski definition) is 5. The fraction of sp³-hybridized carbons (Fsp3) is 0.125. The molecule has 24 heavy (non-hydrogen) atoms. The Bertz CT molecular complexity index is 853. The van der Waals surface area contributed by atoms with E-state index >= 15 is 0 Å². The average molecular weight is 360 g/mol. The van der Waals surface area contributed by atoms with Crippen molar-refractivity contribution < 1.29 is 4.79 Å². The monoisotopic (exact) mass is 359 g/mol. The molecule has 0 saturated heterocycles. The van der Waals surface area contributed by atoms with Crippen LogP contribution in [0.4, 0.5) is 5.69 Å². The number of aryl methyl sites for hydroxylation is 1. The lowest BCUT2D eigenvalue weighted by molar-refractivity contribution is -0.113. The lowest BCUT2D eigenvalue weighted by Gasteiger charge is -2.08. The maximum atomic E-state index is 12.0. The van der Waals surface area contributed by atoms with Crippen LogP contribution in [0.2, 0.25) is 5.02 Å². The number of aromatic nitrogens is 4. The maximum absolute atomic E-state index is 12.0. The van der Waals surface area contributed by atoms with E-state index in [2.05, 4.69) is 20.5 Å². The molecule has 3 rings (SSSR count). The summed E-state index contributed by atoms with van der Waals surface area (Å²) in [6.45, 7) is 1.94. The Labute approximate surface area is 148 Å². The third kappa shape index (κ3) is 3.93. The number of amides is 1. The Morgan fingerprint density at radius 1 is 1.38 bits per heavy atom. The van der Waals surface area contributed by atoms with Crippen LogP contribution in [0.3, 0.4) is 0 Å². The van der Waals surface area contributed by atoms with E-state index in [0.29, 0.717) is 15.9 Å². The van der Waals surface area contributed by atoms with Gasteiger partial charge in [0.25, 0.3) is 0 Å². The number of benzene rings is 1. The van der Waals surface area contributed by atoms with Gasteiger partial charge in [-0.15, -0.1) is 10.2 Å². The van der Waals surface area contributed by atoms with Crippen molar-refractivity contribution in [3.63, 3.8) is 0 Å². The fourth-order valence-corrected chi connectivity index (χ4v) is 2.90. The van der Waals surface area contributed by atoms with Gasteiger partial charge in [0.2, 0.25) is 5.91 Å². The number of hydrogen-bond donors (Lipinski definition) is 1. The first kappa shape index (κ1) is 16.5. The molecule has 0 aliphatic heterocycles. The molecule has 8 heteroatoms. The molecule has 3 aromatic rings. The lowest BCUT2D eigenvalue weighted by atomic mass is 10.2. The molecule has 0 saturated carbocycles. The summed E-state index contributed by atoms with van der Waals surface area (Å²) < 4.78 is 1.80. The van der Waals surface area contributed by atoms with Gasteiger partial charge in [-0.1, -0.05) is 29.4 Å². The molecule has 2 heterocycles. The molecular formula is C16H14ClN5OS. The van der Waals surface area contributed by atoms with Gasteiger partial charge in [0.15, 0.2) is 5.16 Å². The van der Waals surface area contributed by atoms with Crippen LogP contribution in [0.5, 0.6) is 0 Å². The Morgan fingerprint density at radius 2 is 2.25 bits per heavy atom. The summed E-state index contributed by atoms with van der Waals surface area (Å²) in [7, 11) is 0. The van der Waals surface area contributed by atoms with Crippen molar-refractivity contribution in [2.24, 2.45) is 0 Å². The first-order valence-electron chi connectivity index (χ1n) is 7.13. The van der Waals surface area contributed by atoms with Crippen LogP contribution in [0.25, 0.3) is 5.69 Å². The van der Waals surface area contributed by atoms with E-state index in [1.165, 1.54) is 11.8 Å². The summed E-state index contributed by atoms with van der Waals surface area (Å²) >= 11 is 7.47. The summed E-state index contributed by atoms with van der Waals surface area (Å²) in [5.41, 5.74) is 2.51. The van der Waals surface area contributed by atoms with Gasteiger partial charge < -0.3 is 5.32 Å². The van der Waals surface area contributed by atoms with E-state index in [9.17, 15) is 4.79 Å². The molecule has 0 fully saturated rings. The van der Waals surface area contributed by atoms with Gasteiger partial charge in [0.05, 0.1) is 23.3 Å².